The van der Waals surface area contributed by atoms with Crippen molar-refractivity contribution in [3.8, 4) is 0 Å². The fraction of sp³-hybridized carbons (Fsp3) is 0.583. The van der Waals surface area contributed by atoms with Crippen molar-refractivity contribution in [2.24, 2.45) is 5.84 Å². The molecule has 0 aromatic carbocycles. The quantitative estimate of drug-likeness (QED) is 0.427. The van der Waals surface area contributed by atoms with Crippen molar-refractivity contribution < 1.29 is 9.47 Å². The predicted octanol–water partition coefficient (Wildman–Crippen LogP) is 1.51. The molecule has 3 N–H and O–H groups in total. The highest BCUT2D eigenvalue weighted by Crippen LogP contribution is 2.17. The minimum absolute atomic E-state index is 0.162. The van der Waals surface area contributed by atoms with E-state index >= 15 is 0 Å². The highest BCUT2D eigenvalue weighted by Gasteiger charge is 2.22. The minimum atomic E-state index is -0.394. The van der Waals surface area contributed by atoms with Crippen molar-refractivity contribution in [1.29, 1.82) is 0 Å². The number of rotatable bonds is 8. The van der Waals surface area contributed by atoms with Gasteiger partial charge in [0.05, 0.1) is 11.1 Å². The smallest absolute Gasteiger partial charge is 0.174 e. The number of ether oxygens (including phenoxy) is 2. The maximum atomic E-state index is 6.07. The molecular weight excluding hydrogens is 254 g/mol. The van der Waals surface area contributed by atoms with E-state index in [0.29, 0.717) is 24.7 Å². The zero-order valence-corrected chi connectivity index (χ0v) is 11.5. The fourth-order valence-corrected chi connectivity index (χ4v) is 1.85. The summed E-state index contributed by atoms with van der Waals surface area (Å²) >= 11 is 6.07. The Morgan fingerprint density at radius 2 is 2.06 bits per heavy atom. The van der Waals surface area contributed by atoms with Gasteiger partial charge in [-0.05, 0) is 31.9 Å². The molecule has 1 aromatic rings. The predicted molar refractivity (Wildman–Crippen MR) is 71.1 cm³/mol. The average Bonchev–Trinajstić information content (AvgIpc) is 2.38. The Labute approximate surface area is 113 Å². The summed E-state index contributed by atoms with van der Waals surface area (Å²) in [6, 6.07) is 1.70. The summed E-state index contributed by atoms with van der Waals surface area (Å²) < 4.78 is 11.0. The van der Waals surface area contributed by atoms with Crippen LogP contribution in [0.1, 0.15) is 19.4 Å². The zero-order chi connectivity index (χ0) is 13.4. The molecule has 1 rings (SSSR count). The Bertz CT molecular complexity index is 346. The normalized spacial score (nSPS) is 12.9. The SMILES string of the molecule is CCOC(OCC)C(Cc1ccncc1Cl)NN. The first-order chi connectivity index (χ1) is 8.72. The largest absolute Gasteiger partial charge is 0.351 e. The molecule has 0 aliphatic rings. The molecule has 0 spiro atoms. The first-order valence-corrected chi connectivity index (χ1v) is 6.38. The lowest BCUT2D eigenvalue weighted by atomic mass is 10.1. The lowest BCUT2D eigenvalue weighted by Gasteiger charge is -2.26. The van der Waals surface area contributed by atoms with E-state index in [1.165, 1.54) is 0 Å². The van der Waals surface area contributed by atoms with E-state index in [-0.39, 0.29) is 6.04 Å². The fourth-order valence-electron chi connectivity index (χ4n) is 1.65. The molecule has 0 radical (unpaired) electrons. The van der Waals surface area contributed by atoms with E-state index in [4.69, 9.17) is 26.9 Å². The Balaban J connectivity index is 2.73. The highest BCUT2D eigenvalue weighted by atomic mass is 35.5. The first-order valence-electron chi connectivity index (χ1n) is 6.00. The number of aromatic nitrogens is 1. The molecule has 1 unspecified atom stereocenters. The van der Waals surface area contributed by atoms with Crippen LogP contribution in [0.25, 0.3) is 0 Å². The van der Waals surface area contributed by atoms with Crippen LogP contribution >= 0.6 is 11.6 Å². The number of hydrazine groups is 1. The van der Waals surface area contributed by atoms with Crippen LogP contribution in [0.3, 0.4) is 0 Å². The molecule has 0 saturated heterocycles. The van der Waals surface area contributed by atoms with Gasteiger partial charge in [-0.3, -0.25) is 16.3 Å². The molecule has 1 atom stereocenters. The second-order valence-corrected chi connectivity index (χ2v) is 4.13. The lowest BCUT2D eigenvalue weighted by Crippen LogP contribution is -2.48. The van der Waals surface area contributed by atoms with Crippen LogP contribution in [0.5, 0.6) is 0 Å². The summed E-state index contributed by atoms with van der Waals surface area (Å²) in [4.78, 5) is 3.95. The maximum absolute atomic E-state index is 6.07. The molecule has 0 aliphatic heterocycles. The summed E-state index contributed by atoms with van der Waals surface area (Å²) in [5, 5.41) is 0.615. The second kappa shape index (κ2) is 8.39. The van der Waals surface area contributed by atoms with Crippen molar-refractivity contribution in [3.05, 3.63) is 29.0 Å². The lowest BCUT2D eigenvalue weighted by molar-refractivity contribution is -0.153. The Morgan fingerprint density at radius 1 is 1.39 bits per heavy atom. The molecule has 0 saturated carbocycles. The topological polar surface area (TPSA) is 69.4 Å². The first kappa shape index (κ1) is 15.3. The van der Waals surface area contributed by atoms with Gasteiger partial charge in [0.15, 0.2) is 6.29 Å². The number of nitrogens with two attached hydrogens (primary N) is 1. The van der Waals surface area contributed by atoms with E-state index in [2.05, 4.69) is 10.4 Å². The van der Waals surface area contributed by atoms with Crippen LogP contribution in [0.4, 0.5) is 0 Å². The Kier molecular flexibility index (Phi) is 7.15. The van der Waals surface area contributed by atoms with E-state index in [9.17, 15) is 0 Å². The van der Waals surface area contributed by atoms with Crippen molar-refractivity contribution in [2.75, 3.05) is 13.2 Å². The maximum Gasteiger partial charge on any atom is 0.174 e. The third kappa shape index (κ3) is 4.51. The molecule has 18 heavy (non-hydrogen) atoms. The van der Waals surface area contributed by atoms with Gasteiger partial charge in [-0.2, -0.15) is 0 Å². The van der Waals surface area contributed by atoms with Gasteiger partial charge in [0.1, 0.15) is 0 Å². The molecular formula is C12H20ClN3O2. The molecule has 1 aromatic heterocycles. The van der Waals surface area contributed by atoms with Gasteiger partial charge in [-0.1, -0.05) is 11.6 Å². The standard InChI is InChI=1S/C12H20ClN3O2/c1-3-17-12(18-4-2)11(16-14)7-9-5-6-15-8-10(9)13/h5-6,8,11-12,16H,3-4,7,14H2,1-2H3. The van der Waals surface area contributed by atoms with Gasteiger partial charge in [0.25, 0.3) is 0 Å². The van der Waals surface area contributed by atoms with Crippen LogP contribution < -0.4 is 11.3 Å². The number of nitrogens with zero attached hydrogens (tertiary/aromatic N) is 1. The number of halogens is 1. The monoisotopic (exact) mass is 273 g/mol. The summed E-state index contributed by atoms with van der Waals surface area (Å²) in [5.74, 6) is 5.56. The summed E-state index contributed by atoms with van der Waals surface area (Å²) in [6.07, 6.45) is 3.53. The van der Waals surface area contributed by atoms with Gasteiger partial charge < -0.3 is 9.47 Å². The van der Waals surface area contributed by atoms with Crippen molar-refractivity contribution in [3.63, 3.8) is 0 Å². The van der Waals surface area contributed by atoms with Gasteiger partial charge in [-0.15, -0.1) is 0 Å². The van der Waals surface area contributed by atoms with E-state index in [0.717, 1.165) is 5.56 Å². The van der Waals surface area contributed by atoms with E-state index in [1.54, 1.807) is 12.4 Å². The van der Waals surface area contributed by atoms with Crippen molar-refractivity contribution in [2.45, 2.75) is 32.6 Å². The molecule has 102 valence electrons. The molecule has 0 amide bonds. The zero-order valence-electron chi connectivity index (χ0n) is 10.7. The molecule has 1 heterocycles. The van der Waals surface area contributed by atoms with Gasteiger partial charge >= 0.3 is 0 Å². The molecule has 0 aliphatic carbocycles. The summed E-state index contributed by atoms with van der Waals surface area (Å²) in [7, 11) is 0. The average molecular weight is 274 g/mol. The van der Waals surface area contributed by atoms with Crippen molar-refractivity contribution in [1.82, 2.24) is 10.4 Å². The highest BCUT2D eigenvalue weighted by molar-refractivity contribution is 6.31. The van der Waals surface area contributed by atoms with Gasteiger partial charge in [0, 0.05) is 25.6 Å². The Hall–Kier alpha value is -0.720. The van der Waals surface area contributed by atoms with Gasteiger partial charge in [-0.25, -0.2) is 0 Å². The summed E-state index contributed by atoms with van der Waals surface area (Å²) in [6.45, 7) is 4.96. The van der Waals surface area contributed by atoms with Crippen molar-refractivity contribution >= 4 is 11.6 Å². The third-order valence-corrected chi connectivity index (χ3v) is 2.84. The minimum Gasteiger partial charge on any atom is -0.351 e. The number of pyridine rings is 1. The Morgan fingerprint density at radius 3 is 2.56 bits per heavy atom. The number of hydrogen-bond acceptors (Lipinski definition) is 5. The summed E-state index contributed by atoms with van der Waals surface area (Å²) in [5.41, 5.74) is 3.68. The van der Waals surface area contributed by atoms with Crippen LogP contribution in [0.2, 0.25) is 5.02 Å². The van der Waals surface area contributed by atoms with E-state index < -0.39 is 6.29 Å². The van der Waals surface area contributed by atoms with E-state index in [1.807, 2.05) is 19.9 Å². The second-order valence-electron chi connectivity index (χ2n) is 3.72. The van der Waals surface area contributed by atoms with Crippen LogP contribution in [-0.2, 0) is 15.9 Å². The molecule has 0 fully saturated rings. The van der Waals surface area contributed by atoms with Crippen LogP contribution in [-0.4, -0.2) is 30.5 Å². The molecule has 0 bridgehead atoms. The third-order valence-electron chi connectivity index (χ3n) is 2.50. The van der Waals surface area contributed by atoms with Crippen LogP contribution in [0, 0.1) is 0 Å². The number of hydrogen-bond donors (Lipinski definition) is 2. The molecule has 5 nitrogen and oxygen atoms in total. The number of nitrogens with one attached hydrogen (secondary N) is 1. The van der Waals surface area contributed by atoms with Gasteiger partial charge in [0.2, 0.25) is 0 Å². The molecule has 6 heteroatoms. The van der Waals surface area contributed by atoms with Crippen LogP contribution in [0.15, 0.2) is 18.5 Å².